The molecule has 1 aliphatic rings. The van der Waals surface area contributed by atoms with Gasteiger partial charge in [0, 0.05) is 5.33 Å². The normalized spacial score (nSPS) is 14.0. The first-order chi connectivity index (χ1) is 8.83. The van der Waals surface area contributed by atoms with Gasteiger partial charge in [-0.2, -0.15) is 0 Å². The highest BCUT2D eigenvalue weighted by molar-refractivity contribution is 9.09. The van der Waals surface area contributed by atoms with Crippen LogP contribution in [0.5, 0.6) is 0 Å². The van der Waals surface area contributed by atoms with Crippen molar-refractivity contribution in [1.82, 2.24) is 0 Å². The molecule has 2 heteroatoms. The lowest BCUT2D eigenvalue weighted by Crippen LogP contribution is -1.94. The predicted molar refractivity (Wildman–Crippen MR) is 85.6 cm³/mol. The van der Waals surface area contributed by atoms with Crippen LogP contribution < -0.4 is 0 Å². The van der Waals surface area contributed by atoms with Crippen molar-refractivity contribution in [3.63, 3.8) is 0 Å². The zero-order chi connectivity index (χ0) is 12.8. The first-order valence-corrected chi connectivity index (χ1v) is 8.46. The van der Waals surface area contributed by atoms with E-state index in [1.165, 1.54) is 30.4 Å². The lowest BCUT2D eigenvalue weighted by Gasteiger charge is -2.06. The van der Waals surface area contributed by atoms with E-state index in [0.717, 1.165) is 17.1 Å². The van der Waals surface area contributed by atoms with Gasteiger partial charge in [-0.05, 0) is 54.0 Å². The number of allylic oxidation sites excluding steroid dienone is 2. The molecule has 0 N–H and O–H groups in total. The molecule has 2 rings (SSSR count). The smallest absolute Gasteiger partial charge is 0.0649 e. The molecule has 1 aromatic rings. The van der Waals surface area contributed by atoms with Crippen LogP contribution in [-0.2, 0) is 19.3 Å². The van der Waals surface area contributed by atoms with Gasteiger partial charge in [-0.25, -0.2) is 0 Å². The van der Waals surface area contributed by atoms with Crippen LogP contribution in [0.2, 0.25) is 0 Å². The summed E-state index contributed by atoms with van der Waals surface area (Å²) in [7, 11) is 0. The third-order valence-corrected chi connectivity index (χ3v) is 4.21. The van der Waals surface area contributed by atoms with Crippen molar-refractivity contribution in [1.29, 1.82) is 0 Å². The molecule has 94 valence electrons. The van der Waals surface area contributed by atoms with Crippen molar-refractivity contribution in [3.05, 3.63) is 46.5 Å². The number of rotatable bonds is 3. The molecule has 0 heterocycles. The van der Waals surface area contributed by atoms with E-state index in [1.54, 1.807) is 11.1 Å². The number of hydrogen-bond acceptors (Lipinski definition) is 0. The maximum Gasteiger partial charge on any atom is 0.0649 e. The highest BCUT2D eigenvalue weighted by atomic mass is 79.9. The molecule has 0 saturated carbocycles. The average molecular weight is 368 g/mol. The Morgan fingerprint density at radius 1 is 1.22 bits per heavy atom. The van der Waals surface area contributed by atoms with Crippen LogP contribution in [0.3, 0.4) is 0 Å². The number of hydrogen-bond donors (Lipinski definition) is 0. The van der Waals surface area contributed by atoms with Gasteiger partial charge in [-0.3, -0.25) is 0 Å². The van der Waals surface area contributed by atoms with Gasteiger partial charge in [-0.15, -0.1) is 0 Å². The number of benzene rings is 1. The SMILES string of the molecule is BrCC#C/C=C(/CBr)Cc1ccc2c(c1)CCC2. The van der Waals surface area contributed by atoms with Gasteiger partial charge < -0.3 is 0 Å². The van der Waals surface area contributed by atoms with E-state index in [-0.39, 0.29) is 0 Å². The van der Waals surface area contributed by atoms with Gasteiger partial charge in [0.1, 0.15) is 0 Å². The van der Waals surface area contributed by atoms with Crippen LogP contribution in [-0.4, -0.2) is 10.7 Å². The zero-order valence-electron chi connectivity index (χ0n) is 10.3. The van der Waals surface area contributed by atoms with Gasteiger partial charge in [0.25, 0.3) is 0 Å². The Bertz CT molecular complexity index is 504. The number of alkyl halides is 2. The number of aryl methyl sites for hydroxylation is 2. The molecule has 0 aliphatic heterocycles. The van der Waals surface area contributed by atoms with Gasteiger partial charge in [0.15, 0.2) is 0 Å². The first kappa shape index (κ1) is 13.9. The first-order valence-electron chi connectivity index (χ1n) is 6.22. The maximum absolute atomic E-state index is 3.54. The third kappa shape index (κ3) is 3.73. The topological polar surface area (TPSA) is 0 Å². The summed E-state index contributed by atoms with van der Waals surface area (Å²) in [6.07, 6.45) is 6.85. The van der Waals surface area contributed by atoms with Gasteiger partial charge in [-0.1, -0.05) is 61.9 Å². The molecule has 1 aliphatic carbocycles. The van der Waals surface area contributed by atoms with Crippen LogP contribution >= 0.6 is 31.9 Å². The average Bonchev–Trinajstić information content (AvgIpc) is 2.85. The minimum absolute atomic E-state index is 0.734. The monoisotopic (exact) mass is 366 g/mol. The van der Waals surface area contributed by atoms with E-state index < -0.39 is 0 Å². The van der Waals surface area contributed by atoms with E-state index in [1.807, 2.05) is 6.08 Å². The van der Waals surface area contributed by atoms with Gasteiger partial charge >= 0.3 is 0 Å². The molecule has 0 fully saturated rings. The van der Waals surface area contributed by atoms with Crippen LogP contribution in [0.4, 0.5) is 0 Å². The molecule has 0 aromatic heterocycles. The molecule has 1 aromatic carbocycles. The van der Waals surface area contributed by atoms with Crippen molar-refractivity contribution in [2.75, 3.05) is 10.7 Å². The van der Waals surface area contributed by atoms with E-state index in [0.29, 0.717) is 0 Å². The van der Waals surface area contributed by atoms with Crippen molar-refractivity contribution in [2.45, 2.75) is 25.7 Å². The molecule has 0 bridgehead atoms. The summed E-state index contributed by atoms with van der Waals surface area (Å²) in [6, 6.07) is 6.93. The standard InChI is InChI=1S/C16H16Br2/c17-9-2-1-4-14(12-18)10-13-7-8-15-5-3-6-16(15)11-13/h4,7-8,11H,3,5-6,9-10,12H2/b14-4+. The van der Waals surface area contributed by atoms with E-state index in [4.69, 9.17) is 0 Å². The molecule has 0 atom stereocenters. The summed E-state index contributed by atoms with van der Waals surface area (Å²) in [5.74, 6) is 6.08. The zero-order valence-corrected chi connectivity index (χ0v) is 13.5. The van der Waals surface area contributed by atoms with Crippen LogP contribution in [0.25, 0.3) is 0 Å². The summed E-state index contributed by atoms with van der Waals surface area (Å²) in [6.45, 7) is 0. The maximum atomic E-state index is 3.54. The molecule has 0 saturated heterocycles. The molecular formula is C16H16Br2. The fourth-order valence-corrected chi connectivity index (χ4v) is 2.85. The second kappa shape index (κ2) is 7.16. The lowest BCUT2D eigenvalue weighted by atomic mass is 10.0. The Kier molecular flexibility index (Phi) is 5.53. The summed E-state index contributed by atoms with van der Waals surface area (Å²) in [5, 5.41) is 1.62. The lowest BCUT2D eigenvalue weighted by molar-refractivity contribution is 0.911. The Morgan fingerprint density at radius 3 is 2.83 bits per heavy atom. The molecule has 0 spiro atoms. The second-order valence-corrected chi connectivity index (χ2v) is 5.65. The van der Waals surface area contributed by atoms with E-state index in [2.05, 4.69) is 61.9 Å². The van der Waals surface area contributed by atoms with Crippen molar-refractivity contribution < 1.29 is 0 Å². The Balaban J connectivity index is 2.10. The molecule has 0 nitrogen and oxygen atoms in total. The predicted octanol–water partition coefficient (Wildman–Crippen LogP) is 4.44. The highest BCUT2D eigenvalue weighted by Gasteiger charge is 2.10. The Morgan fingerprint density at radius 2 is 2.06 bits per heavy atom. The Hall–Kier alpha value is -0.520. The fraction of sp³-hybridized carbons (Fsp3) is 0.375. The van der Waals surface area contributed by atoms with Gasteiger partial charge in [0.2, 0.25) is 0 Å². The number of halogens is 2. The summed E-state index contributed by atoms with van der Waals surface area (Å²) < 4.78 is 0. The Labute approximate surface area is 126 Å². The largest absolute Gasteiger partial charge is 0.0879 e. The van der Waals surface area contributed by atoms with E-state index in [9.17, 15) is 0 Å². The molecule has 18 heavy (non-hydrogen) atoms. The third-order valence-electron chi connectivity index (χ3n) is 3.21. The summed E-state index contributed by atoms with van der Waals surface area (Å²) in [5.41, 5.74) is 5.83. The van der Waals surface area contributed by atoms with E-state index >= 15 is 0 Å². The van der Waals surface area contributed by atoms with Crippen molar-refractivity contribution in [3.8, 4) is 11.8 Å². The fourth-order valence-electron chi connectivity index (χ4n) is 2.33. The van der Waals surface area contributed by atoms with Crippen LogP contribution in [0.15, 0.2) is 29.8 Å². The van der Waals surface area contributed by atoms with Gasteiger partial charge in [0.05, 0.1) is 5.33 Å². The van der Waals surface area contributed by atoms with Crippen LogP contribution in [0, 0.1) is 11.8 Å². The van der Waals surface area contributed by atoms with Crippen molar-refractivity contribution >= 4 is 31.9 Å². The molecule has 0 unspecified atom stereocenters. The minimum Gasteiger partial charge on any atom is -0.0879 e. The second-order valence-electron chi connectivity index (χ2n) is 4.52. The molecule has 0 radical (unpaired) electrons. The van der Waals surface area contributed by atoms with Crippen LogP contribution in [0.1, 0.15) is 23.1 Å². The van der Waals surface area contributed by atoms with Crippen molar-refractivity contribution in [2.24, 2.45) is 0 Å². The summed E-state index contributed by atoms with van der Waals surface area (Å²) in [4.78, 5) is 0. The quantitative estimate of drug-likeness (QED) is 0.547. The molecular weight excluding hydrogens is 352 g/mol. The molecule has 0 amide bonds. The minimum atomic E-state index is 0.734. The highest BCUT2D eigenvalue weighted by Crippen LogP contribution is 2.24. The summed E-state index contributed by atoms with van der Waals surface area (Å²) >= 11 is 6.85. The number of fused-ring (bicyclic) bond motifs is 1.